The number of nitrogens with one attached hydrogen (secondary N) is 1. The fourth-order valence-corrected chi connectivity index (χ4v) is 3.40. The second-order valence-corrected chi connectivity index (χ2v) is 7.41. The van der Waals surface area contributed by atoms with Gasteiger partial charge in [-0.25, -0.2) is 4.39 Å². The Bertz CT molecular complexity index is 886. The summed E-state index contributed by atoms with van der Waals surface area (Å²) >= 11 is 0. The van der Waals surface area contributed by atoms with Gasteiger partial charge in [0.1, 0.15) is 5.82 Å². The molecule has 0 atom stereocenters. The predicted octanol–water partition coefficient (Wildman–Crippen LogP) is 6.95. The zero-order valence-corrected chi connectivity index (χ0v) is 17.1. The Balaban J connectivity index is 1.69. The smallest absolute Gasteiger partial charge is 0.131 e. The van der Waals surface area contributed by atoms with Crippen molar-refractivity contribution in [3.63, 3.8) is 0 Å². The van der Waals surface area contributed by atoms with E-state index in [0.717, 1.165) is 28.7 Å². The minimum Gasteiger partial charge on any atom is -0.313 e. The van der Waals surface area contributed by atoms with Gasteiger partial charge in [-0.3, -0.25) is 4.39 Å². The highest BCUT2D eigenvalue weighted by molar-refractivity contribution is 5.71. The molecule has 0 amide bonds. The SMILES string of the molecule is CCCCc1ccc(-c2ccc(-c3ccc(CNCCCF)cc3)c(F)c2)cc1. The molecule has 152 valence electrons. The Hall–Kier alpha value is -2.52. The fraction of sp³-hybridized carbons (Fsp3) is 0.308. The molecule has 0 spiro atoms. The van der Waals surface area contributed by atoms with E-state index in [1.54, 1.807) is 6.07 Å². The predicted molar refractivity (Wildman–Crippen MR) is 118 cm³/mol. The molecule has 0 heterocycles. The first-order valence-corrected chi connectivity index (χ1v) is 10.5. The van der Waals surface area contributed by atoms with Gasteiger partial charge in [-0.2, -0.15) is 0 Å². The third kappa shape index (κ3) is 5.98. The van der Waals surface area contributed by atoms with Crippen LogP contribution in [0.25, 0.3) is 22.3 Å². The lowest BCUT2D eigenvalue weighted by Crippen LogP contribution is -2.14. The molecule has 1 N–H and O–H groups in total. The number of alkyl halides is 1. The zero-order chi connectivity index (χ0) is 20.5. The normalized spacial score (nSPS) is 11.0. The number of halogens is 2. The third-order valence-corrected chi connectivity index (χ3v) is 5.16. The van der Waals surface area contributed by atoms with E-state index in [4.69, 9.17) is 0 Å². The molecule has 0 radical (unpaired) electrons. The molecule has 0 saturated heterocycles. The Morgan fingerprint density at radius 3 is 2.07 bits per heavy atom. The highest BCUT2D eigenvalue weighted by atomic mass is 19.1. The molecule has 3 heteroatoms. The van der Waals surface area contributed by atoms with E-state index in [-0.39, 0.29) is 12.5 Å². The van der Waals surface area contributed by atoms with Crippen molar-refractivity contribution in [2.75, 3.05) is 13.2 Å². The summed E-state index contributed by atoms with van der Waals surface area (Å²) in [4.78, 5) is 0. The maximum absolute atomic E-state index is 14.8. The quantitative estimate of drug-likeness (QED) is 0.367. The van der Waals surface area contributed by atoms with E-state index >= 15 is 0 Å². The largest absolute Gasteiger partial charge is 0.313 e. The third-order valence-electron chi connectivity index (χ3n) is 5.16. The van der Waals surface area contributed by atoms with Crippen molar-refractivity contribution in [3.8, 4) is 22.3 Å². The molecular formula is C26H29F2N. The molecule has 0 aromatic heterocycles. The highest BCUT2D eigenvalue weighted by Crippen LogP contribution is 2.28. The summed E-state index contributed by atoms with van der Waals surface area (Å²) < 4.78 is 26.9. The van der Waals surface area contributed by atoms with Crippen molar-refractivity contribution >= 4 is 0 Å². The molecule has 0 fully saturated rings. The second kappa shape index (κ2) is 10.9. The van der Waals surface area contributed by atoms with Gasteiger partial charge in [-0.1, -0.05) is 74.0 Å². The van der Waals surface area contributed by atoms with Crippen molar-refractivity contribution in [2.24, 2.45) is 0 Å². The molecule has 3 rings (SSSR count). The summed E-state index contributed by atoms with van der Waals surface area (Å²) in [5, 5.41) is 3.20. The molecule has 0 aliphatic carbocycles. The van der Waals surface area contributed by atoms with Crippen molar-refractivity contribution in [1.82, 2.24) is 5.32 Å². The lowest BCUT2D eigenvalue weighted by molar-refractivity contribution is 0.459. The van der Waals surface area contributed by atoms with E-state index in [9.17, 15) is 8.78 Å². The Morgan fingerprint density at radius 2 is 1.41 bits per heavy atom. The van der Waals surface area contributed by atoms with Gasteiger partial charge in [0.15, 0.2) is 0 Å². The van der Waals surface area contributed by atoms with Crippen LogP contribution in [-0.2, 0) is 13.0 Å². The number of unbranched alkanes of at least 4 members (excludes halogenated alkanes) is 1. The molecular weight excluding hydrogens is 364 g/mol. The standard InChI is InChI=1S/C26H29F2N/c1-2-3-5-20-6-10-22(11-7-20)24-14-15-25(26(28)18-24)23-12-8-21(9-13-23)19-29-17-4-16-27/h6-15,18,29H,2-5,16-17,19H2,1H3. The molecule has 0 aliphatic heterocycles. The summed E-state index contributed by atoms with van der Waals surface area (Å²) in [5.41, 5.74) is 5.81. The average molecular weight is 394 g/mol. The number of hydrogen-bond donors (Lipinski definition) is 1. The first-order valence-electron chi connectivity index (χ1n) is 10.5. The summed E-state index contributed by atoms with van der Waals surface area (Å²) in [7, 11) is 0. The highest BCUT2D eigenvalue weighted by Gasteiger charge is 2.08. The first kappa shape index (κ1) is 21.2. The number of hydrogen-bond acceptors (Lipinski definition) is 1. The van der Waals surface area contributed by atoms with Crippen LogP contribution in [0.1, 0.15) is 37.3 Å². The number of rotatable bonds is 10. The Labute approximate surface area is 172 Å². The summed E-state index contributed by atoms with van der Waals surface area (Å²) in [6, 6.07) is 21.7. The van der Waals surface area contributed by atoms with E-state index in [1.807, 2.05) is 36.4 Å². The summed E-state index contributed by atoms with van der Waals surface area (Å²) in [5.74, 6) is -0.216. The van der Waals surface area contributed by atoms with Gasteiger partial charge in [-0.15, -0.1) is 0 Å². The van der Waals surface area contributed by atoms with Crippen LogP contribution in [0.15, 0.2) is 66.7 Å². The van der Waals surface area contributed by atoms with Crippen LogP contribution in [0.4, 0.5) is 8.78 Å². The van der Waals surface area contributed by atoms with E-state index in [2.05, 4.69) is 36.5 Å². The minimum atomic E-state index is -0.301. The van der Waals surface area contributed by atoms with Crippen LogP contribution in [0, 0.1) is 5.82 Å². The molecule has 0 saturated carbocycles. The monoisotopic (exact) mass is 393 g/mol. The van der Waals surface area contributed by atoms with Crippen molar-refractivity contribution in [2.45, 2.75) is 39.2 Å². The zero-order valence-electron chi connectivity index (χ0n) is 17.1. The van der Waals surface area contributed by atoms with E-state index < -0.39 is 0 Å². The average Bonchev–Trinajstić information content (AvgIpc) is 2.76. The molecule has 0 aliphatic rings. The molecule has 1 nitrogen and oxygen atoms in total. The maximum atomic E-state index is 14.8. The summed E-state index contributed by atoms with van der Waals surface area (Å²) in [6.45, 7) is 3.24. The molecule has 3 aromatic carbocycles. The maximum Gasteiger partial charge on any atom is 0.131 e. The van der Waals surface area contributed by atoms with E-state index in [0.29, 0.717) is 25.1 Å². The van der Waals surface area contributed by atoms with Gasteiger partial charge in [0.25, 0.3) is 0 Å². The van der Waals surface area contributed by atoms with Crippen LogP contribution in [0.5, 0.6) is 0 Å². The van der Waals surface area contributed by atoms with Gasteiger partial charge in [0.2, 0.25) is 0 Å². The number of benzene rings is 3. The van der Waals surface area contributed by atoms with Gasteiger partial charge in [0, 0.05) is 12.1 Å². The minimum absolute atomic E-state index is 0.216. The van der Waals surface area contributed by atoms with Crippen LogP contribution in [0.3, 0.4) is 0 Å². The fourth-order valence-electron chi connectivity index (χ4n) is 3.40. The van der Waals surface area contributed by atoms with Crippen LogP contribution in [-0.4, -0.2) is 13.2 Å². The Morgan fingerprint density at radius 1 is 0.759 bits per heavy atom. The topological polar surface area (TPSA) is 12.0 Å². The van der Waals surface area contributed by atoms with Gasteiger partial charge in [0.05, 0.1) is 6.67 Å². The van der Waals surface area contributed by atoms with Gasteiger partial charge >= 0.3 is 0 Å². The van der Waals surface area contributed by atoms with Crippen LogP contribution < -0.4 is 5.32 Å². The van der Waals surface area contributed by atoms with Crippen molar-refractivity contribution in [3.05, 3.63) is 83.7 Å². The summed E-state index contributed by atoms with van der Waals surface area (Å²) in [6.07, 6.45) is 3.99. The van der Waals surface area contributed by atoms with E-state index in [1.165, 1.54) is 18.4 Å². The Kier molecular flexibility index (Phi) is 7.94. The molecule has 0 bridgehead atoms. The van der Waals surface area contributed by atoms with Gasteiger partial charge < -0.3 is 5.32 Å². The van der Waals surface area contributed by atoms with Crippen LogP contribution >= 0.6 is 0 Å². The lowest BCUT2D eigenvalue weighted by atomic mass is 9.97. The van der Waals surface area contributed by atoms with Crippen LogP contribution in [0.2, 0.25) is 0 Å². The second-order valence-electron chi connectivity index (χ2n) is 7.41. The first-order chi connectivity index (χ1) is 14.2. The molecule has 3 aromatic rings. The number of aryl methyl sites for hydroxylation is 1. The van der Waals surface area contributed by atoms with Crippen molar-refractivity contribution < 1.29 is 8.78 Å². The van der Waals surface area contributed by atoms with Gasteiger partial charge in [-0.05, 0) is 59.7 Å². The molecule has 0 unspecified atom stereocenters. The lowest BCUT2D eigenvalue weighted by Gasteiger charge is -2.09. The molecule has 29 heavy (non-hydrogen) atoms. The van der Waals surface area contributed by atoms with Crippen molar-refractivity contribution in [1.29, 1.82) is 0 Å².